The monoisotopic (exact) mass is 300 g/mol. The minimum Gasteiger partial charge on any atom is -0.463 e. The van der Waals surface area contributed by atoms with Gasteiger partial charge in [0.25, 0.3) is 0 Å². The van der Waals surface area contributed by atoms with Crippen LogP contribution in [-0.2, 0) is 19.1 Å². The lowest BCUT2D eigenvalue weighted by Gasteiger charge is -2.37. The molecule has 0 aliphatic carbocycles. The Bertz CT molecular complexity index is 430. The second-order valence-corrected chi connectivity index (χ2v) is 6.00. The lowest BCUT2D eigenvalue weighted by Crippen LogP contribution is -2.64. The highest BCUT2D eigenvalue weighted by Gasteiger charge is 2.53. The average molecular weight is 300 g/mol. The zero-order valence-electron chi connectivity index (χ0n) is 13.3. The van der Waals surface area contributed by atoms with Crippen LogP contribution in [0.1, 0.15) is 47.5 Å². The van der Waals surface area contributed by atoms with E-state index >= 15 is 0 Å². The molecule has 0 aromatic rings. The van der Waals surface area contributed by atoms with E-state index in [0.29, 0.717) is 19.4 Å². The van der Waals surface area contributed by atoms with Crippen LogP contribution in [0.2, 0.25) is 0 Å². The first-order valence-electron chi connectivity index (χ1n) is 7.09. The van der Waals surface area contributed by atoms with Crippen LogP contribution >= 0.6 is 0 Å². The van der Waals surface area contributed by atoms with Crippen molar-refractivity contribution in [2.75, 3.05) is 13.2 Å². The molecule has 0 spiro atoms. The smallest absolute Gasteiger partial charge is 0.412 e. The van der Waals surface area contributed by atoms with Crippen molar-refractivity contribution in [1.82, 2.24) is 10.2 Å². The van der Waals surface area contributed by atoms with Gasteiger partial charge in [-0.05, 0) is 34.1 Å². The van der Waals surface area contributed by atoms with E-state index in [4.69, 9.17) is 9.47 Å². The molecule has 120 valence electrons. The molecule has 1 N–H and O–H groups in total. The SMILES string of the molecule is CCOC(=O)C1(NC(C)=O)CCCN1C(=O)OC(C)(C)C. The predicted molar refractivity (Wildman–Crippen MR) is 75.4 cm³/mol. The van der Waals surface area contributed by atoms with Gasteiger partial charge in [-0.1, -0.05) is 0 Å². The van der Waals surface area contributed by atoms with E-state index in [9.17, 15) is 14.4 Å². The Hall–Kier alpha value is -1.79. The molecule has 1 atom stereocenters. The molecule has 1 aliphatic heterocycles. The summed E-state index contributed by atoms with van der Waals surface area (Å²) >= 11 is 0. The summed E-state index contributed by atoms with van der Waals surface area (Å²) in [5, 5.41) is 2.57. The normalized spacial score (nSPS) is 21.9. The Kier molecular flexibility index (Phi) is 5.20. The summed E-state index contributed by atoms with van der Waals surface area (Å²) in [7, 11) is 0. The van der Waals surface area contributed by atoms with Gasteiger partial charge < -0.3 is 14.8 Å². The van der Waals surface area contributed by atoms with Gasteiger partial charge in [0.1, 0.15) is 5.60 Å². The third kappa shape index (κ3) is 4.09. The van der Waals surface area contributed by atoms with Crippen molar-refractivity contribution in [3.05, 3.63) is 0 Å². The summed E-state index contributed by atoms with van der Waals surface area (Å²) in [6.45, 7) is 8.69. The first kappa shape index (κ1) is 17.3. The molecule has 21 heavy (non-hydrogen) atoms. The van der Waals surface area contributed by atoms with Gasteiger partial charge in [0.15, 0.2) is 0 Å². The van der Waals surface area contributed by atoms with E-state index in [1.165, 1.54) is 11.8 Å². The summed E-state index contributed by atoms with van der Waals surface area (Å²) in [4.78, 5) is 37.3. The van der Waals surface area contributed by atoms with Crippen molar-refractivity contribution >= 4 is 18.0 Å². The van der Waals surface area contributed by atoms with Crippen molar-refractivity contribution in [1.29, 1.82) is 0 Å². The zero-order valence-corrected chi connectivity index (χ0v) is 13.3. The molecule has 0 bridgehead atoms. The molecular formula is C14H24N2O5. The third-order valence-electron chi connectivity index (χ3n) is 2.99. The Labute approximate surface area is 124 Å². The number of amides is 2. The van der Waals surface area contributed by atoms with Crippen LogP contribution in [0.3, 0.4) is 0 Å². The maximum Gasteiger partial charge on any atom is 0.412 e. The van der Waals surface area contributed by atoms with Crippen molar-refractivity contribution in [3.63, 3.8) is 0 Å². The van der Waals surface area contributed by atoms with E-state index in [1.807, 2.05) is 0 Å². The first-order valence-corrected chi connectivity index (χ1v) is 7.09. The number of nitrogens with zero attached hydrogens (tertiary/aromatic N) is 1. The number of carbonyl (C=O) groups is 3. The maximum absolute atomic E-state index is 12.3. The second kappa shape index (κ2) is 6.32. The van der Waals surface area contributed by atoms with Gasteiger partial charge in [0.05, 0.1) is 6.61 Å². The largest absolute Gasteiger partial charge is 0.463 e. The van der Waals surface area contributed by atoms with Crippen LogP contribution in [0.25, 0.3) is 0 Å². The van der Waals surface area contributed by atoms with Gasteiger partial charge in [-0.25, -0.2) is 9.59 Å². The quantitative estimate of drug-likeness (QED) is 0.797. The molecule has 1 rings (SSSR count). The van der Waals surface area contributed by atoms with Gasteiger partial charge in [0.2, 0.25) is 11.6 Å². The van der Waals surface area contributed by atoms with Gasteiger partial charge in [-0.3, -0.25) is 9.69 Å². The fraction of sp³-hybridized carbons (Fsp3) is 0.786. The minimum absolute atomic E-state index is 0.169. The van der Waals surface area contributed by atoms with Crippen LogP contribution in [0.5, 0.6) is 0 Å². The van der Waals surface area contributed by atoms with Crippen LogP contribution in [0, 0.1) is 0 Å². The Morgan fingerprint density at radius 2 is 1.90 bits per heavy atom. The summed E-state index contributed by atoms with van der Waals surface area (Å²) in [5.74, 6) is -1.04. The Balaban J connectivity index is 3.06. The summed E-state index contributed by atoms with van der Waals surface area (Å²) in [5.41, 5.74) is -2.15. The zero-order chi connectivity index (χ0) is 16.3. The standard InChI is InChI=1S/C14H24N2O5/c1-6-20-11(18)14(15-10(2)17)8-7-9-16(14)12(19)21-13(3,4)5/h6-9H2,1-5H3,(H,15,17). The molecule has 0 aromatic carbocycles. The fourth-order valence-corrected chi connectivity index (χ4v) is 2.32. The summed E-state index contributed by atoms with van der Waals surface area (Å²) in [6.07, 6.45) is 0.255. The topological polar surface area (TPSA) is 84.9 Å². The molecule has 0 saturated carbocycles. The van der Waals surface area contributed by atoms with Crippen molar-refractivity contribution in [2.24, 2.45) is 0 Å². The number of hydrogen-bond donors (Lipinski definition) is 1. The van der Waals surface area contributed by atoms with Gasteiger partial charge in [0, 0.05) is 19.9 Å². The van der Waals surface area contributed by atoms with E-state index in [-0.39, 0.29) is 6.61 Å². The molecular weight excluding hydrogens is 276 g/mol. The van der Waals surface area contributed by atoms with Crippen LogP contribution in [0.4, 0.5) is 4.79 Å². The molecule has 7 heteroatoms. The van der Waals surface area contributed by atoms with E-state index < -0.39 is 29.2 Å². The lowest BCUT2D eigenvalue weighted by molar-refractivity contribution is -0.160. The Morgan fingerprint density at radius 1 is 1.29 bits per heavy atom. The maximum atomic E-state index is 12.3. The van der Waals surface area contributed by atoms with Crippen molar-refractivity contribution in [2.45, 2.75) is 58.7 Å². The molecule has 1 saturated heterocycles. The number of likely N-dealkylation sites (tertiary alicyclic amines) is 1. The summed E-state index contributed by atoms with van der Waals surface area (Å²) < 4.78 is 10.4. The molecule has 0 aromatic heterocycles. The molecule has 7 nitrogen and oxygen atoms in total. The van der Waals surface area contributed by atoms with Gasteiger partial charge >= 0.3 is 12.1 Å². The highest BCUT2D eigenvalue weighted by atomic mass is 16.6. The molecule has 1 heterocycles. The minimum atomic E-state index is -1.47. The fourth-order valence-electron chi connectivity index (χ4n) is 2.32. The van der Waals surface area contributed by atoms with E-state index in [1.54, 1.807) is 27.7 Å². The van der Waals surface area contributed by atoms with Gasteiger partial charge in [-0.2, -0.15) is 0 Å². The van der Waals surface area contributed by atoms with Gasteiger partial charge in [-0.15, -0.1) is 0 Å². The van der Waals surface area contributed by atoms with Crippen LogP contribution in [-0.4, -0.2) is 47.3 Å². The number of ether oxygens (including phenoxy) is 2. The third-order valence-corrected chi connectivity index (χ3v) is 2.99. The number of rotatable bonds is 3. The number of hydrogen-bond acceptors (Lipinski definition) is 5. The molecule has 1 unspecified atom stereocenters. The first-order chi connectivity index (χ1) is 9.62. The van der Waals surface area contributed by atoms with Crippen LogP contribution < -0.4 is 5.32 Å². The molecule has 1 aliphatic rings. The molecule has 1 fully saturated rings. The highest BCUT2D eigenvalue weighted by molar-refractivity contribution is 5.90. The number of carbonyl (C=O) groups excluding carboxylic acids is 3. The molecule has 0 radical (unpaired) electrons. The molecule has 2 amide bonds. The average Bonchev–Trinajstić information content (AvgIpc) is 2.71. The second-order valence-electron chi connectivity index (χ2n) is 6.00. The summed E-state index contributed by atoms with van der Waals surface area (Å²) in [6, 6.07) is 0. The van der Waals surface area contributed by atoms with E-state index in [0.717, 1.165) is 0 Å². The lowest BCUT2D eigenvalue weighted by atomic mass is 10.1. The van der Waals surface area contributed by atoms with Crippen LogP contribution in [0.15, 0.2) is 0 Å². The van der Waals surface area contributed by atoms with E-state index in [2.05, 4.69) is 5.32 Å². The Morgan fingerprint density at radius 3 is 2.38 bits per heavy atom. The number of esters is 1. The number of nitrogens with one attached hydrogen (secondary N) is 1. The van der Waals surface area contributed by atoms with Crippen molar-refractivity contribution in [3.8, 4) is 0 Å². The highest BCUT2D eigenvalue weighted by Crippen LogP contribution is 2.30. The predicted octanol–water partition coefficient (Wildman–Crippen LogP) is 1.41. The van der Waals surface area contributed by atoms with Crippen molar-refractivity contribution < 1.29 is 23.9 Å².